The Bertz CT molecular complexity index is 803. The standard InChI is InChI=1S/C24H31N3O2S/c1-3-15-27(19-28)22-13-16-26(17-14-22)18-20-9-11-23(12-10-20)29-24(30-2)25-21-7-5-4-6-8-21/h4-12,19,22H,3,13-18H2,1-2H3. The molecule has 0 saturated carbocycles. The van der Waals surface area contributed by atoms with E-state index in [0.29, 0.717) is 11.3 Å². The van der Waals surface area contributed by atoms with Crippen molar-refractivity contribution in [2.45, 2.75) is 38.8 Å². The van der Waals surface area contributed by atoms with E-state index < -0.39 is 0 Å². The Labute approximate surface area is 184 Å². The molecule has 2 aromatic rings. The Morgan fingerprint density at radius 2 is 1.87 bits per heavy atom. The van der Waals surface area contributed by atoms with Crippen molar-refractivity contribution in [2.75, 3.05) is 25.9 Å². The van der Waals surface area contributed by atoms with Gasteiger partial charge in [-0.25, -0.2) is 4.99 Å². The van der Waals surface area contributed by atoms with Gasteiger partial charge in [0.15, 0.2) is 0 Å². The molecule has 1 heterocycles. The summed E-state index contributed by atoms with van der Waals surface area (Å²) in [6.07, 6.45) is 6.10. The molecular weight excluding hydrogens is 394 g/mol. The van der Waals surface area contributed by atoms with Crippen LogP contribution in [0.5, 0.6) is 5.75 Å². The van der Waals surface area contributed by atoms with E-state index in [1.54, 1.807) is 0 Å². The predicted molar refractivity (Wildman–Crippen MR) is 125 cm³/mol. The number of nitrogens with zero attached hydrogens (tertiary/aromatic N) is 3. The third kappa shape index (κ3) is 6.61. The topological polar surface area (TPSA) is 45.1 Å². The molecule has 0 aromatic heterocycles. The average Bonchev–Trinajstić information content (AvgIpc) is 2.79. The fourth-order valence-electron chi connectivity index (χ4n) is 3.73. The van der Waals surface area contributed by atoms with Crippen LogP contribution >= 0.6 is 11.8 Å². The molecule has 0 radical (unpaired) electrons. The van der Waals surface area contributed by atoms with Gasteiger partial charge >= 0.3 is 0 Å². The van der Waals surface area contributed by atoms with Crippen LogP contribution in [0.3, 0.4) is 0 Å². The number of aliphatic imine (C=N–C) groups is 1. The number of rotatable bonds is 8. The fourth-order valence-corrected chi connectivity index (χ4v) is 4.10. The minimum atomic E-state index is 0.392. The number of benzene rings is 2. The zero-order chi connectivity index (χ0) is 21.2. The van der Waals surface area contributed by atoms with E-state index in [1.165, 1.54) is 17.3 Å². The van der Waals surface area contributed by atoms with Crippen LogP contribution in [0, 0.1) is 0 Å². The molecule has 0 unspecified atom stereocenters. The Hall–Kier alpha value is -2.31. The number of hydrogen-bond donors (Lipinski definition) is 0. The van der Waals surface area contributed by atoms with Gasteiger partial charge in [0.1, 0.15) is 5.75 Å². The largest absolute Gasteiger partial charge is 0.434 e. The Kier molecular flexibility index (Phi) is 8.78. The van der Waals surface area contributed by atoms with Crippen molar-refractivity contribution in [3.63, 3.8) is 0 Å². The first kappa shape index (κ1) is 22.4. The van der Waals surface area contributed by atoms with Crippen molar-refractivity contribution in [3.8, 4) is 5.75 Å². The Balaban J connectivity index is 1.51. The highest BCUT2D eigenvalue weighted by Gasteiger charge is 2.23. The fraction of sp³-hybridized carbons (Fsp3) is 0.417. The van der Waals surface area contributed by atoms with Crippen molar-refractivity contribution in [2.24, 2.45) is 4.99 Å². The number of likely N-dealkylation sites (tertiary alicyclic amines) is 1. The zero-order valence-electron chi connectivity index (χ0n) is 17.9. The van der Waals surface area contributed by atoms with E-state index >= 15 is 0 Å². The maximum absolute atomic E-state index is 11.3. The summed E-state index contributed by atoms with van der Waals surface area (Å²) >= 11 is 1.49. The number of carbonyl (C=O) groups excluding carboxylic acids is 1. The molecule has 5 nitrogen and oxygen atoms in total. The van der Waals surface area contributed by atoms with Gasteiger partial charge in [-0.15, -0.1) is 0 Å². The smallest absolute Gasteiger partial charge is 0.256 e. The minimum Gasteiger partial charge on any atom is -0.434 e. The molecule has 30 heavy (non-hydrogen) atoms. The Morgan fingerprint density at radius 1 is 1.17 bits per heavy atom. The molecule has 0 spiro atoms. The number of piperidine rings is 1. The summed E-state index contributed by atoms with van der Waals surface area (Å²) in [5, 5.41) is 0.628. The summed E-state index contributed by atoms with van der Waals surface area (Å²) in [6.45, 7) is 5.96. The van der Waals surface area contributed by atoms with E-state index in [4.69, 9.17) is 4.74 Å². The first-order valence-corrected chi connectivity index (χ1v) is 11.8. The van der Waals surface area contributed by atoms with Crippen molar-refractivity contribution in [3.05, 3.63) is 60.2 Å². The minimum absolute atomic E-state index is 0.392. The molecular formula is C24H31N3O2S. The summed E-state index contributed by atoms with van der Waals surface area (Å²) in [7, 11) is 0. The summed E-state index contributed by atoms with van der Waals surface area (Å²) in [4.78, 5) is 20.3. The second kappa shape index (κ2) is 11.8. The van der Waals surface area contributed by atoms with Crippen LogP contribution < -0.4 is 4.74 Å². The second-order valence-corrected chi connectivity index (χ2v) is 8.27. The number of amides is 1. The van der Waals surface area contributed by atoms with Crippen LogP contribution in [0.1, 0.15) is 31.7 Å². The van der Waals surface area contributed by atoms with Gasteiger partial charge in [0.05, 0.1) is 5.69 Å². The van der Waals surface area contributed by atoms with Gasteiger partial charge in [-0.1, -0.05) is 49.0 Å². The van der Waals surface area contributed by atoms with E-state index in [-0.39, 0.29) is 0 Å². The molecule has 1 saturated heterocycles. The number of hydrogen-bond acceptors (Lipinski definition) is 5. The summed E-state index contributed by atoms with van der Waals surface area (Å²) in [6, 6.07) is 18.5. The van der Waals surface area contributed by atoms with E-state index in [2.05, 4.69) is 28.9 Å². The first-order chi connectivity index (χ1) is 14.7. The molecule has 1 aliphatic rings. The number of carbonyl (C=O) groups is 1. The number of ether oxygens (including phenoxy) is 1. The zero-order valence-corrected chi connectivity index (χ0v) is 18.7. The molecule has 1 amide bonds. The van der Waals surface area contributed by atoms with Crippen LogP contribution in [-0.2, 0) is 11.3 Å². The lowest BCUT2D eigenvalue weighted by molar-refractivity contribution is -0.121. The lowest BCUT2D eigenvalue weighted by atomic mass is 10.0. The van der Waals surface area contributed by atoms with Crippen molar-refractivity contribution >= 4 is 29.1 Å². The second-order valence-electron chi connectivity index (χ2n) is 7.51. The van der Waals surface area contributed by atoms with Gasteiger partial charge in [-0.05, 0) is 55.3 Å². The van der Waals surface area contributed by atoms with Crippen LogP contribution in [0.4, 0.5) is 5.69 Å². The summed E-state index contributed by atoms with van der Waals surface area (Å²) < 4.78 is 5.95. The molecule has 160 valence electrons. The molecule has 0 aliphatic carbocycles. The van der Waals surface area contributed by atoms with Gasteiger partial charge in [0.2, 0.25) is 6.41 Å². The van der Waals surface area contributed by atoms with Crippen molar-refractivity contribution in [1.29, 1.82) is 0 Å². The molecule has 3 rings (SSSR count). The lowest BCUT2D eigenvalue weighted by Gasteiger charge is -2.36. The summed E-state index contributed by atoms with van der Waals surface area (Å²) in [5.41, 5.74) is 2.15. The predicted octanol–water partition coefficient (Wildman–Crippen LogP) is 4.95. The van der Waals surface area contributed by atoms with Gasteiger partial charge in [-0.2, -0.15) is 0 Å². The molecule has 1 fully saturated rings. The molecule has 1 aliphatic heterocycles. The first-order valence-electron chi connectivity index (χ1n) is 10.6. The highest BCUT2D eigenvalue weighted by atomic mass is 32.2. The highest BCUT2D eigenvalue weighted by Crippen LogP contribution is 2.21. The third-order valence-electron chi connectivity index (χ3n) is 5.33. The van der Waals surface area contributed by atoms with E-state index in [1.807, 2.05) is 53.6 Å². The molecule has 2 aromatic carbocycles. The van der Waals surface area contributed by atoms with E-state index in [0.717, 1.165) is 63.3 Å². The van der Waals surface area contributed by atoms with Gasteiger partial charge < -0.3 is 9.64 Å². The average molecular weight is 426 g/mol. The lowest BCUT2D eigenvalue weighted by Crippen LogP contribution is -2.44. The van der Waals surface area contributed by atoms with E-state index in [9.17, 15) is 4.79 Å². The van der Waals surface area contributed by atoms with Crippen LogP contribution in [0.25, 0.3) is 0 Å². The van der Waals surface area contributed by atoms with Gasteiger partial charge in [-0.3, -0.25) is 9.69 Å². The molecule has 0 N–H and O–H groups in total. The number of thioether (sulfide) groups is 1. The van der Waals surface area contributed by atoms with Crippen LogP contribution in [0.2, 0.25) is 0 Å². The SMILES string of the molecule is CCCN(C=O)C1CCN(Cc2ccc(OC(=Nc3ccccc3)SC)cc2)CC1. The van der Waals surface area contributed by atoms with Crippen molar-refractivity contribution in [1.82, 2.24) is 9.80 Å². The third-order valence-corrected chi connectivity index (χ3v) is 5.85. The van der Waals surface area contributed by atoms with Gasteiger partial charge in [0, 0.05) is 32.2 Å². The highest BCUT2D eigenvalue weighted by molar-refractivity contribution is 8.13. The van der Waals surface area contributed by atoms with Gasteiger partial charge in [0.25, 0.3) is 5.23 Å². The van der Waals surface area contributed by atoms with Crippen LogP contribution in [0.15, 0.2) is 59.6 Å². The normalized spacial score (nSPS) is 15.7. The molecule has 6 heteroatoms. The molecule has 0 atom stereocenters. The van der Waals surface area contributed by atoms with Crippen molar-refractivity contribution < 1.29 is 9.53 Å². The monoisotopic (exact) mass is 425 g/mol. The van der Waals surface area contributed by atoms with Crippen LogP contribution in [-0.4, -0.2) is 53.4 Å². The number of para-hydroxylation sites is 1. The summed E-state index contributed by atoms with van der Waals surface area (Å²) in [5.74, 6) is 0.794. The quantitative estimate of drug-likeness (QED) is 0.341. The molecule has 0 bridgehead atoms. The maximum atomic E-state index is 11.3. The Morgan fingerprint density at radius 3 is 2.47 bits per heavy atom. The maximum Gasteiger partial charge on any atom is 0.256 e.